The van der Waals surface area contributed by atoms with E-state index in [0.717, 1.165) is 0 Å². The van der Waals surface area contributed by atoms with E-state index >= 15 is 0 Å². The first kappa shape index (κ1) is 14.6. The molecule has 0 aliphatic rings. The molecule has 7 heteroatoms. The van der Waals surface area contributed by atoms with Crippen molar-refractivity contribution in [3.8, 4) is 5.75 Å². The Hall–Kier alpha value is -3.35. The number of aromatic nitrogens is 2. The largest absolute Gasteiger partial charge is 0.477 e. The number of hydrogen-bond acceptors (Lipinski definition) is 4. The number of para-hydroxylation sites is 1. The zero-order chi connectivity index (χ0) is 16.4. The topological polar surface area (TPSA) is 107 Å². The number of nitrogens with zero attached hydrogens (tertiary/aromatic N) is 2. The molecular weight excluding hydrogens is 298 g/mol. The summed E-state index contributed by atoms with van der Waals surface area (Å²) in [6, 6.07) is 13.2. The molecule has 1 aromatic carbocycles. The molecule has 3 aromatic rings. The van der Waals surface area contributed by atoms with Crippen LogP contribution in [0.25, 0.3) is 11.0 Å². The number of carboxylic acids is 1. The molecule has 3 N–H and O–H groups in total. The highest BCUT2D eigenvalue weighted by Crippen LogP contribution is 2.25. The summed E-state index contributed by atoms with van der Waals surface area (Å²) in [5.41, 5.74) is 6.20. The number of carboxylic acid groups (broad SMARTS) is 1. The average molecular weight is 311 g/mol. The molecule has 23 heavy (non-hydrogen) atoms. The van der Waals surface area contributed by atoms with Crippen molar-refractivity contribution in [1.82, 2.24) is 9.55 Å². The van der Waals surface area contributed by atoms with E-state index in [1.165, 1.54) is 16.8 Å². The van der Waals surface area contributed by atoms with Gasteiger partial charge in [-0.25, -0.2) is 4.79 Å². The molecule has 0 saturated heterocycles. The second kappa shape index (κ2) is 5.80. The van der Waals surface area contributed by atoms with Crippen molar-refractivity contribution >= 4 is 22.9 Å². The molecule has 0 aliphatic heterocycles. The third-order valence-electron chi connectivity index (χ3n) is 3.30. The summed E-state index contributed by atoms with van der Waals surface area (Å²) in [7, 11) is 0. The Morgan fingerprint density at radius 1 is 1.17 bits per heavy atom. The van der Waals surface area contributed by atoms with Crippen molar-refractivity contribution in [2.75, 3.05) is 0 Å². The Morgan fingerprint density at radius 2 is 1.91 bits per heavy atom. The first-order chi connectivity index (χ1) is 11.1. The minimum absolute atomic E-state index is 0.126. The van der Waals surface area contributed by atoms with Crippen molar-refractivity contribution in [2.24, 2.45) is 5.73 Å². The molecule has 3 rings (SSSR count). The second-order valence-corrected chi connectivity index (χ2v) is 4.80. The van der Waals surface area contributed by atoms with Gasteiger partial charge >= 0.3 is 5.97 Å². The van der Waals surface area contributed by atoms with E-state index in [-0.39, 0.29) is 5.69 Å². The van der Waals surface area contributed by atoms with Crippen molar-refractivity contribution in [1.29, 1.82) is 0 Å². The lowest BCUT2D eigenvalue weighted by molar-refractivity contribution is -0.128. The van der Waals surface area contributed by atoms with Crippen molar-refractivity contribution in [3.63, 3.8) is 0 Å². The maximum absolute atomic E-state index is 11.9. The van der Waals surface area contributed by atoms with Gasteiger partial charge in [-0.15, -0.1) is 0 Å². The molecule has 2 aromatic heterocycles. The summed E-state index contributed by atoms with van der Waals surface area (Å²) in [5, 5.41) is 9.41. The van der Waals surface area contributed by atoms with Crippen LogP contribution in [-0.2, 0) is 4.79 Å². The summed E-state index contributed by atoms with van der Waals surface area (Å²) in [6.45, 7) is 0. The highest BCUT2D eigenvalue weighted by Gasteiger charge is 2.27. The van der Waals surface area contributed by atoms with Crippen LogP contribution in [0.15, 0.2) is 54.7 Å². The van der Waals surface area contributed by atoms with Crippen LogP contribution in [0.3, 0.4) is 0 Å². The standard InChI is InChI=1S/C16H13N3O4/c17-14(20)15(23-10-5-2-1-3-6-10)19-12-7-4-8-18-11(12)9-13(19)16(21)22/h1-9,15H,(H2,17,20)(H,21,22). The number of hydrogen-bond donors (Lipinski definition) is 2. The van der Waals surface area contributed by atoms with Gasteiger partial charge in [0.15, 0.2) is 0 Å². The molecule has 0 fully saturated rings. The van der Waals surface area contributed by atoms with Crippen molar-refractivity contribution < 1.29 is 19.4 Å². The molecule has 0 radical (unpaired) electrons. The van der Waals surface area contributed by atoms with E-state index in [4.69, 9.17) is 10.5 Å². The Morgan fingerprint density at radius 3 is 2.57 bits per heavy atom. The zero-order valence-electron chi connectivity index (χ0n) is 11.9. The van der Waals surface area contributed by atoms with Gasteiger partial charge in [-0.2, -0.15) is 0 Å². The number of carbonyl (C=O) groups excluding carboxylic acids is 1. The number of carbonyl (C=O) groups is 2. The summed E-state index contributed by atoms with van der Waals surface area (Å²) in [5.74, 6) is -1.61. The smallest absolute Gasteiger partial charge is 0.352 e. The van der Waals surface area contributed by atoms with Crippen LogP contribution in [0.4, 0.5) is 0 Å². The molecule has 116 valence electrons. The van der Waals surface area contributed by atoms with Gasteiger partial charge in [-0.1, -0.05) is 18.2 Å². The molecule has 0 aliphatic carbocycles. The van der Waals surface area contributed by atoms with Gasteiger partial charge in [-0.05, 0) is 30.3 Å². The van der Waals surface area contributed by atoms with Gasteiger partial charge < -0.3 is 15.6 Å². The van der Waals surface area contributed by atoms with Crippen molar-refractivity contribution in [3.05, 3.63) is 60.4 Å². The summed E-state index contributed by atoms with van der Waals surface area (Å²) < 4.78 is 6.85. The van der Waals surface area contributed by atoms with E-state index in [1.807, 2.05) is 0 Å². The molecule has 0 saturated carbocycles. The van der Waals surface area contributed by atoms with Crippen LogP contribution in [0.2, 0.25) is 0 Å². The fourth-order valence-electron chi connectivity index (χ4n) is 2.34. The number of pyridine rings is 1. The Bertz CT molecular complexity index is 873. The second-order valence-electron chi connectivity index (χ2n) is 4.80. The maximum atomic E-state index is 11.9. The molecular formula is C16H13N3O4. The van der Waals surface area contributed by atoms with E-state index in [2.05, 4.69) is 4.98 Å². The van der Waals surface area contributed by atoms with Crippen LogP contribution in [0.1, 0.15) is 16.7 Å². The average Bonchev–Trinajstić information content (AvgIpc) is 2.93. The lowest BCUT2D eigenvalue weighted by Gasteiger charge is -2.20. The minimum Gasteiger partial charge on any atom is -0.477 e. The van der Waals surface area contributed by atoms with Crippen LogP contribution < -0.4 is 10.5 Å². The number of ether oxygens (including phenoxy) is 1. The third kappa shape index (κ3) is 2.71. The summed E-state index contributed by atoms with van der Waals surface area (Å²) in [4.78, 5) is 27.5. The lowest BCUT2D eigenvalue weighted by Crippen LogP contribution is -2.32. The van der Waals surface area contributed by atoms with Gasteiger partial charge in [0.25, 0.3) is 12.1 Å². The van der Waals surface area contributed by atoms with Crippen LogP contribution >= 0.6 is 0 Å². The molecule has 0 bridgehead atoms. The monoisotopic (exact) mass is 311 g/mol. The molecule has 1 atom stereocenters. The van der Waals surface area contributed by atoms with Gasteiger partial charge in [0.1, 0.15) is 11.4 Å². The first-order valence-electron chi connectivity index (χ1n) is 6.78. The summed E-state index contributed by atoms with van der Waals surface area (Å²) >= 11 is 0. The molecule has 2 heterocycles. The van der Waals surface area contributed by atoms with Gasteiger partial charge in [0.2, 0.25) is 0 Å². The SMILES string of the molecule is NC(=O)C(Oc1ccccc1)n1c(C(=O)O)cc2ncccc21. The van der Waals surface area contributed by atoms with E-state index in [9.17, 15) is 14.7 Å². The number of aromatic carboxylic acids is 1. The molecule has 1 amide bonds. The third-order valence-corrected chi connectivity index (χ3v) is 3.30. The Labute approximate surface area is 130 Å². The number of amides is 1. The van der Waals surface area contributed by atoms with Gasteiger partial charge in [0.05, 0.1) is 11.0 Å². The first-order valence-corrected chi connectivity index (χ1v) is 6.78. The van der Waals surface area contributed by atoms with Crippen LogP contribution in [0, 0.1) is 0 Å². The highest BCUT2D eigenvalue weighted by atomic mass is 16.5. The van der Waals surface area contributed by atoms with Crippen LogP contribution in [-0.4, -0.2) is 26.5 Å². The highest BCUT2D eigenvalue weighted by molar-refractivity contribution is 5.94. The predicted molar refractivity (Wildman–Crippen MR) is 82.0 cm³/mol. The predicted octanol–water partition coefficient (Wildman–Crippen LogP) is 1.80. The minimum atomic E-state index is -1.30. The molecule has 0 spiro atoms. The van der Waals surface area contributed by atoms with Crippen molar-refractivity contribution in [2.45, 2.75) is 6.23 Å². The fourth-order valence-corrected chi connectivity index (χ4v) is 2.34. The Balaban J connectivity index is 2.16. The molecule has 1 unspecified atom stereocenters. The number of nitrogens with two attached hydrogens (primary N) is 1. The van der Waals surface area contributed by atoms with E-state index in [1.54, 1.807) is 42.5 Å². The maximum Gasteiger partial charge on any atom is 0.352 e. The van der Waals surface area contributed by atoms with Gasteiger partial charge in [-0.3, -0.25) is 14.3 Å². The molecule has 7 nitrogen and oxygen atoms in total. The fraction of sp³-hybridized carbons (Fsp3) is 0.0625. The number of primary amides is 1. The van der Waals surface area contributed by atoms with Crippen LogP contribution in [0.5, 0.6) is 5.75 Å². The number of benzene rings is 1. The van der Waals surface area contributed by atoms with Gasteiger partial charge in [0, 0.05) is 6.20 Å². The Kier molecular flexibility index (Phi) is 3.68. The zero-order valence-corrected chi connectivity index (χ0v) is 11.9. The quantitative estimate of drug-likeness (QED) is 0.747. The van der Waals surface area contributed by atoms with E-state index in [0.29, 0.717) is 16.8 Å². The van der Waals surface area contributed by atoms with E-state index < -0.39 is 18.1 Å². The lowest BCUT2D eigenvalue weighted by atomic mass is 10.3. The number of rotatable bonds is 5. The number of fused-ring (bicyclic) bond motifs is 1. The summed E-state index contributed by atoms with van der Waals surface area (Å²) in [6.07, 6.45) is 0.237. The normalized spacial score (nSPS) is 12.0.